The van der Waals surface area contributed by atoms with Gasteiger partial charge in [0.25, 0.3) is 0 Å². The third kappa shape index (κ3) is 4.57. The predicted molar refractivity (Wildman–Crippen MR) is 142 cm³/mol. The smallest absolute Gasteiger partial charge is 1.00 e. The van der Waals surface area contributed by atoms with Crippen molar-refractivity contribution in [1.82, 2.24) is 0 Å². The maximum atomic E-state index is 2.39. The van der Waals surface area contributed by atoms with Gasteiger partial charge < -0.3 is 24.8 Å². The van der Waals surface area contributed by atoms with E-state index in [4.69, 9.17) is 0 Å². The van der Waals surface area contributed by atoms with E-state index in [1.807, 2.05) is 0 Å². The minimum absolute atomic E-state index is 0. The number of rotatable bonds is 4. The van der Waals surface area contributed by atoms with Gasteiger partial charge in [-0.15, -0.1) is 0 Å². The molecule has 0 saturated heterocycles. The van der Waals surface area contributed by atoms with Crippen LogP contribution in [0.2, 0.25) is 0 Å². The van der Waals surface area contributed by atoms with Crippen LogP contribution in [0.3, 0.4) is 0 Å². The summed E-state index contributed by atoms with van der Waals surface area (Å²) in [6, 6.07) is 38.3. The van der Waals surface area contributed by atoms with Gasteiger partial charge in [-0.3, -0.25) is 0 Å². The summed E-state index contributed by atoms with van der Waals surface area (Å²) in [4.78, 5) is 0. The first-order chi connectivity index (χ1) is 16.9. The molecule has 0 nitrogen and oxygen atoms in total. The fourth-order valence-corrected chi connectivity index (χ4v) is 6.52. The summed E-state index contributed by atoms with van der Waals surface area (Å²) in [5.41, 5.74) is 10.2. The number of benzene rings is 4. The van der Waals surface area contributed by atoms with Gasteiger partial charge in [-0.1, -0.05) is 133 Å². The number of allylic oxidation sites excluding steroid dienone is 4. The maximum Gasteiger partial charge on any atom is 2.00 e. The summed E-state index contributed by atoms with van der Waals surface area (Å²) in [5, 5.41) is 2.83. The van der Waals surface area contributed by atoms with Crippen LogP contribution in [0.4, 0.5) is 0 Å². The molecule has 2 unspecified atom stereocenters. The Balaban J connectivity index is 0.00000107. The zero-order valence-corrected chi connectivity index (χ0v) is 24.3. The van der Waals surface area contributed by atoms with Gasteiger partial charge in [0.15, 0.2) is 0 Å². The Hall–Kier alpha value is -2.44. The van der Waals surface area contributed by atoms with Crippen molar-refractivity contribution in [3.8, 4) is 11.1 Å². The summed E-state index contributed by atoms with van der Waals surface area (Å²) in [5.74, 6) is 1.09. The van der Waals surface area contributed by atoms with Crippen LogP contribution < -0.4 is 35.3 Å². The topological polar surface area (TPSA) is 0 Å². The minimum atomic E-state index is 0. The fourth-order valence-electron chi connectivity index (χ4n) is 6.52. The van der Waals surface area contributed by atoms with Gasteiger partial charge in [0.2, 0.25) is 0 Å². The molecule has 3 aliphatic carbocycles. The van der Waals surface area contributed by atoms with Crippen LogP contribution in [-0.4, -0.2) is 0 Å². The second-order valence-corrected chi connectivity index (χ2v) is 9.62. The van der Waals surface area contributed by atoms with E-state index in [1.165, 1.54) is 43.8 Å². The van der Waals surface area contributed by atoms with E-state index in [9.17, 15) is 0 Å². The Morgan fingerprint density at radius 3 is 1.84 bits per heavy atom. The second kappa shape index (κ2) is 11.5. The molecule has 2 atom stereocenters. The van der Waals surface area contributed by atoms with E-state index in [0.717, 1.165) is 6.42 Å². The van der Waals surface area contributed by atoms with Crippen molar-refractivity contribution in [3.63, 3.8) is 0 Å². The van der Waals surface area contributed by atoms with Crippen molar-refractivity contribution in [2.45, 2.75) is 18.3 Å². The average Bonchev–Trinajstić information content (AvgIpc) is 3.41. The number of hydrogen-bond donors (Lipinski definition) is 0. The first kappa shape index (κ1) is 27.6. The molecule has 4 aromatic rings. The molecule has 0 N–H and O–H groups in total. The second-order valence-electron chi connectivity index (χ2n) is 9.62. The molecule has 0 heterocycles. The molecule has 0 fully saturated rings. The van der Waals surface area contributed by atoms with Crippen molar-refractivity contribution in [2.75, 3.05) is 0 Å². The first-order valence-electron chi connectivity index (χ1n) is 12.3. The summed E-state index contributed by atoms with van der Waals surface area (Å²) < 4.78 is 0. The quantitative estimate of drug-likeness (QED) is 0.326. The molecule has 0 radical (unpaired) electrons. The summed E-state index contributed by atoms with van der Waals surface area (Å²) in [6.45, 7) is 0. The summed E-state index contributed by atoms with van der Waals surface area (Å²) in [6.07, 6.45) is 10.2. The maximum absolute atomic E-state index is 2.39. The molecule has 0 bridgehead atoms. The van der Waals surface area contributed by atoms with Gasteiger partial charge in [-0.2, -0.15) is 0 Å². The molecule has 0 saturated carbocycles. The van der Waals surface area contributed by atoms with Crippen LogP contribution in [0.5, 0.6) is 0 Å². The third-order valence-electron chi connectivity index (χ3n) is 7.94. The van der Waals surface area contributed by atoms with E-state index < -0.39 is 0 Å². The van der Waals surface area contributed by atoms with Crippen molar-refractivity contribution in [3.05, 3.63) is 155 Å². The molecular formula is C34H26Cl2Zr. The monoisotopic (exact) mass is 594 g/mol. The minimum Gasteiger partial charge on any atom is -1.00 e. The van der Waals surface area contributed by atoms with Crippen molar-refractivity contribution >= 4 is 11.1 Å². The number of halogens is 2. The summed E-state index contributed by atoms with van der Waals surface area (Å²) >= 11 is 0. The van der Waals surface area contributed by atoms with Gasteiger partial charge in [0.05, 0.1) is 0 Å². The van der Waals surface area contributed by atoms with Crippen molar-refractivity contribution in [2.24, 2.45) is 5.92 Å². The van der Waals surface area contributed by atoms with E-state index in [1.54, 1.807) is 5.57 Å². The Bertz CT molecular complexity index is 1550. The van der Waals surface area contributed by atoms with E-state index >= 15 is 0 Å². The first-order valence-corrected chi connectivity index (χ1v) is 12.3. The number of hydrogen-bond acceptors (Lipinski definition) is 0. The molecule has 4 aromatic carbocycles. The van der Waals surface area contributed by atoms with E-state index in [0.29, 0.717) is 17.8 Å². The zero-order chi connectivity index (χ0) is 22.5. The largest absolute Gasteiger partial charge is 2.00 e. The van der Waals surface area contributed by atoms with Crippen LogP contribution in [-0.2, 0) is 26.2 Å². The van der Waals surface area contributed by atoms with Crippen molar-refractivity contribution in [1.29, 1.82) is 0 Å². The molecule has 0 spiro atoms. The molecule has 37 heavy (non-hydrogen) atoms. The van der Waals surface area contributed by atoms with Gasteiger partial charge >= 0.3 is 26.2 Å². The van der Waals surface area contributed by atoms with E-state index in [-0.39, 0.29) is 51.0 Å². The molecule has 0 aliphatic heterocycles. The van der Waals surface area contributed by atoms with Crippen LogP contribution in [0.25, 0.3) is 22.3 Å². The van der Waals surface area contributed by atoms with Gasteiger partial charge in [-0.25, -0.2) is 0 Å². The Morgan fingerprint density at radius 1 is 0.595 bits per heavy atom. The SMILES string of the molecule is C1=CC2=c3ccccc3=C(CC(c3ccccc3)C3c4ccccc4-c4ccccc43)C2C=C1.[Cl-].[Cl-].[Zr+2]. The molecular weight excluding hydrogens is 571 g/mol. The standard InChI is InChI=1S/C34H26.2ClH.Zr/c1-2-12-23(13-3-1)32(34-30-20-10-8-16-26(30)27-17-9-11-21-31(27)34)22-33-28-18-6-4-14-24(28)25-15-5-7-19-29(25)33;;;/h1-21,28,32,34H,22H2;2*1H;/q;;;+2/p-2. The van der Waals surface area contributed by atoms with Crippen LogP contribution in [0, 0.1) is 5.92 Å². The average molecular weight is 597 g/mol. The Labute approximate surface area is 250 Å². The molecule has 3 heteroatoms. The van der Waals surface area contributed by atoms with E-state index in [2.05, 4.69) is 127 Å². The summed E-state index contributed by atoms with van der Waals surface area (Å²) in [7, 11) is 0. The normalized spacial score (nSPS) is 16.9. The predicted octanol–water partition coefficient (Wildman–Crippen LogP) is 0.736. The van der Waals surface area contributed by atoms with Gasteiger partial charge in [0.1, 0.15) is 0 Å². The van der Waals surface area contributed by atoms with Gasteiger partial charge in [-0.05, 0) is 56.2 Å². The van der Waals surface area contributed by atoms with Gasteiger partial charge in [0, 0.05) is 11.8 Å². The molecule has 180 valence electrons. The van der Waals surface area contributed by atoms with Crippen molar-refractivity contribution < 1.29 is 51.0 Å². The molecule has 0 amide bonds. The number of fused-ring (bicyclic) bond motifs is 5. The van der Waals surface area contributed by atoms with Crippen LogP contribution >= 0.6 is 0 Å². The van der Waals surface area contributed by atoms with Crippen LogP contribution in [0.15, 0.2) is 127 Å². The molecule has 0 aromatic heterocycles. The Morgan fingerprint density at radius 2 is 1.16 bits per heavy atom. The Kier molecular flexibility index (Phi) is 8.60. The molecule has 7 rings (SSSR count). The van der Waals surface area contributed by atoms with Crippen LogP contribution in [0.1, 0.15) is 34.9 Å². The zero-order valence-electron chi connectivity index (χ0n) is 20.3. The molecule has 3 aliphatic rings. The fraction of sp³-hybridized carbons (Fsp3) is 0.118. The third-order valence-corrected chi connectivity index (χ3v) is 7.94.